The molecule has 7 nitrogen and oxygen atoms in total. The van der Waals surface area contributed by atoms with E-state index in [0.29, 0.717) is 29.6 Å². The fourth-order valence-electron chi connectivity index (χ4n) is 4.34. The van der Waals surface area contributed by atoms with Crippen molar-refractivity contribution >= 4 is 5.97 Å². The topological polar surface area (TPSA) is 104 Å². The molecule has 7 heteroatoms. The first-order valence-corrected chi connectivity index (χ1v) is 13.2. The number of allylic oxidation sites excluding steroid dienone is 1. The summed E-state index contributed by atoms with van der Waals surface area (Å²) >= 11 is 0. The summed E-state index contributed by atoms with van der Waals surface area (Å²) in [6.45, 7) is 8.60. The minimum Gasteiger partial charge on any atom is -0.494 e. The average molecular weight is 527 g/mol. The zero-order chi connectivity index (χ0) is 27.9. The maximum atomic E-state index is 12.8. The molecule has 0 bridgehead atoms. The van der Waals surface area contributed by atoms with E-state index in [1.54, 1.807) is 25.1 Å². The van der Waals surface area contributed by atoms with Gasteiger partial charge in [-0.3, -0.25) is 0 Å². The molecule has 0 spiro atoms. The second kappa shape index (κ2) is 12.4. The van der Waals surface area contributed by atoms with Crippen molar-refractivity contribution in [1.29, 1.82) is 5.26 Å². The minimum absolute atomic E-state index is 0.0114. The van der Waals surface area contributed by atoms with Crippen molar-refractivity contribution in [2.24, 2.45) is 5.73 Å². The van der Waals surface area contributed by atoms with E-state index in [-0.39, 0.29) is 11.6 Å². The first kappa shape index (κ1) is 27.6. The number of fused-ring (bicyclic) bond motifs is 1. The number of unbranched alkanes of at least 4 members (excludes halogenated alkanes) is 1. The quantitative estimate of drug-likeness (QED) is 0.181. The van der Waals surface area contributed by atoms with Crippen LogP contribution in [0.5, 0.6) is 23.0 Å². The highest BCUT2D eigenvalue weighted by molar-refractivity contribution is 5.77. The van der Waals surface area contributed by atoms with Crippen LogP contribution < -0.4 is 24.7 Å². The van der Waals surface area contributed by atoms with Crippen LogP contribution in [0.25, 0.3) is 0 Å². The summed E-state index contributed by atoms with van der Waals surface area (Å²) in [7, 11) is 0. The van der Waals surface area contributed by atoms with Gasteiger partial charge in [0.1, 0.15) is 34.6 Å². The van der Waals surface area contributed by atoms with Crippen molar-refractivity contribution in [3.8, 4) is 29.1 Å². The fourth-order valence-corrected chi connectivity index (χ4v) is 4.34. The molecule has 0 saturated carbocycles. The molecule has 2 N–H and O–H groups in total. The maximum Gasteiger partial charge on any atom is 0.352 e. The van der Waals surface area contributed by atoms with Gasteiger partial charge in [-0.25, -0.2) is 4.79 Å². The number of carbonyl (C=O) groups is 1. The van der Waals surface area contributed by atoms with Gasteiger partial charge in [0.2, 0.25) is 5.88 Å². The molecule has 39 heavy (non-hydrogen) atoms. The van der Waals surface area contributed by atoms with Gasteiger partial charge in [-0.2, -0.15) is 5.26 Å². The van der Waals surface area contributed by atoms with E-state index in [4.69, 9.17) is 24.7 Å². The van der Waals surface area contributed by atoms with Crippen LogP contribution in [0.1, 0.15) is 69.1 Å². The van der Waals surface area contributed by atoms with Gasteiger partial charge in [-0.1, -0.05) is 57.5 Å². The summed E-state index contributed by atoms with van der Waals surface area (Å²) in [4.78, 5) is 12.8. The van der Waals surface area contributed by atoms with E-state index < -0.39 is 18.0 Å². The lowest BCUT2D eigenvalue weighted by Gasteiger charge is -2.27. The molecule has 2 atom stereocenters. The van der Waals surface area contributed by atoms with Gasteiger partial charge in [0.25, 0.3) is 0 Å². The zero-order valence-electron chi connectivity index (χ0n) is 22.8. The number of benzene rings is 3. The third-order valence-electron chi connectivity index (χ3n) is 6.56. The Hall–Kier alpha value is -4.44. The summed E-state index contributed by atoms with van der Waals surface area (Å²) in [5.41, 5.74) is 9.24. The molecule has 202 valence electrons. The number of carbonyl (C=O) groups excluding carboxylic acids is 1. The Kier molecular flexibility index (Phi) is 8.77. The van der Waals surface area contributed by atoms with E-state index in [2.05, 4.69) is 26.8 Å². The van der Waals surface area contributed by atoms with E-state index in [0.717, 1.165) is 29.7 Å². The van der Waals surface area contributed by atoms with E-state index in [9.17, 15) is 10.1 Å². The molecule has 2 unspecified atom stereocenters. The lowest BCUT2D eigenvalue weighted by molar-refractivity contribution is -0.141. The molecule has 0 aromatic heterocycles. The Bertz CT molecular complexity index is 1390. The van der Waals surface area contributed by atoms with Crippen molar-refractivity contribution in [2.75, 3.05) is 6.61 Å². The van der Waals surface area contributed by atoms with Crippen LogP contribution >= 0.6 is 0 Å². The Labute approximate surface area is 229 Å². The van der Waals surface area contributed by atoms with E-state index in [1.165, 1.54) is 5.56 Å². The first-order chi connectivity index (χ1) is 18.8. The zero-order valence-corrected chi connectivity index (χ0v) is 22.8. The van der Waals surface area contributed by atoms with Gasteiger partial charge in [0.05, 0.1) is 12.5 Å². The predicted molar refractivity (Wildman–Crippen MR) is 149 cm³/mol. The molecule has 4 rings (SSSR count). The average Bonchev–Trinajstić information content (AvgIpc) is 2.92. The smallest absolute Gasteiger partial charge is 0.352 e. The first-order valence-electron chi connectivity index (χ1n) is 13.2. The van der Waals surface area contributed by atoms with Gasteiger partial charge in [0, 0.05) is 11.6 Å². The molecular weight excluding hydrogens is 492 g/mol. The fraction of sp³-hybridized carbons (Fsp3) is 0.312. The predicted octanol–water partition coefficient (Wildman–Crippen LogP) is 6.58. The van der Waals surface area contributed by atoms with Gasteiger partial charge in [-0.15, -0.1) is 0 Å². The van der Waals surface area contributed by atoms with Crippen molar-refractivity contribution in [3.05, 3.63) is 94.9 Å². The number of rotatable bonds is 10. The van der Waals surface area contributed by atoms with Crippen LogP contribution in [0, 0.1) is 11.3 Å². The Balaban J connectivity index is 1.52. The van der Waals surface area contributed by atoms with Crippen molar-refractivity contribution in [1.82, 2.24) is 0 Å². The normalized spacial score (nSPS) is 15.1. The SMILES string of the molecule is CCCCOc1cccc(C2C(C#N)=C(N)Oc3cc(OC(=O)C(C)Oc4ccc(C(C)C)cc4)ccc32)c1. The molecule has 0 fully saturated rings. The van der Waals surface area contributed by atoms with Gasteiger partial charge in [0.15, 0.2) is 6.10 Å². The van der Waals surface area contributed by atoms with Gasteiger partial charge >= 0.3 is 5.97 Å². The molecule has 3 aromatic carbocycles. The largest absolute Gasteiger partial charge is 0.494 e. The number of esters is 1. The number of hydrogen-bond acceptors (Lipinski definition) is 7. The third kappa shape index (κ3) is 6.53. The molecular formula is C32H34N2O5. The van der Waals surface area contributed by atoms with Crippen molar-refractivity contribution in [2.45, 2.75) is 58.5 Å². The van der Waals surface area contributed by atoms with Crippen LogP contribution in [0.15, 0.2) is 78.2 Å². The summed E-state index contributed by atoms with van der Waals surface area (Å²) in [5, 5.41) is 9.88. The number of nitrogens with zero attached hydrogens (tertiary/aromatic N) is 1. The summed E-state index contributed by atoms with van der Waals surface area (Å²) in [6.07, 6.45) is 1.16. The van der Waals surface area contributed by atoms with Crippen LogP contribution in [0.4, 0.5) is 0 Å². The maximum absolute atomic E-state index is 12.8. The van der Waals surface area contributed by atoms with Crippen LogP contribution in [0.3, 0.4) is 0 Å². The molecule has 0 saturated heterocycles. The monoisotopic (exact) mass is 526 g/mol. The Morgan fingerprint density at radius 1 is 1.03 bits per heavy atom. The minimum atomic E-state index is -0.829. The summed E-state index contributed by atoms with van der Waals surface area (Å²) in [5.74, 6) is 1.43. The number of nitrogens with two attached hydrogens (primary N) is 1. The van der Waals surface area contributed by atoms with Crippen LogP contribution in [-0.4, -0.2) is 18.7 Å². The summed E-state index contributed by atoms with van der Waals surface area (Å²) in [6, 6.07) is 22.5. The second-order valence-corrected chi connectivity index (χ2v) is 9.80. The molecule has 0 aliphatic carbocycles. The van der Waals surface area contributed by atoms with Gasteiger partial charge < -0.3 is 24.7 Å². The van der Waals surface area contributed by atoms with Crippen LogP contribution in [-0.2, 0) is 4.79 Å². The molecule has 1 aliphatic heterocycles. The van der Waals surface area contributed by atoms with Crippen molar-refractivity contribution < 1.29 is 23.7 Å². The molecule has 0 amide bonds. The summed E-state index contributed by atoms with van der Waals surface area (Å²) < 4.78 is 23.0. The lowest BCUT2D eigenvalue weighted by Crippen LogP contribution is -2.28. The highest BCUT2D eigenvalue weighted by Crippen LogP contribution is 2.44. The third-order valence-corrected chi connectivity index (χ3v) is 6.56. The second-order valence-electron chi connectivity index (χ2n) is 9.80. The molecule has 0 radical (unpaired) electrons. The number of ether oxygens (including phenoxy) is 4. The Morgan fingerprint density at radius 3 is 2.46 bits per heavy atom. The molecule has 1 heterocycles. The van der Waals surface area contributed by atoms with E-state index >= 15 is 0 Å². The Morgan fingerprint density at radius 2 is 1.77 bits per heavy atom. The number of nitriles is 1. The highest BCUT2D eigenvalue weighted by Gasteiger charge is 2.31. The van der Waals surface area contributed by atoms with Gasteiger partial charge in [-0.05, 0) is 60.7 Å². The molecule has 3 aromatic rings. The molecule has 1 aliphatic rings. The number of hydrogen-bond donors (Lipinski definition) is 1. The lowest BCUT2D eigenvalue weighted by atomic mass is 9.83. The van der Waals surface area contributed by atoms with E-state index in [1.807, 2.05) is 48.5 Å². The van der Waals surface area contributed by atoms with Crippen LogP contribution in [0.2, 0.25) is 0 Å². The standard InChI is InChI=1S/C32H34N2O5/c1-5-6-16-36-25-9-7-8-23(17-25)30-27-15-14-26(18-29(27)39-31(34)28(30)19-33)38-32(35)21(4)37-24-12-10-22(11-13-24)20(2)3/h7-15,17-18,20-21,30H,5-6,16,34H2,1-4H3. The highest BCUT2D eigenvalue weighted by atomic mass is 16.6. The van der Waals surface area contributed by atoms with Crippen molar-refractivity contribution in [3.63, 3.8) is 0 Å².